The zero-order valence-corrected chi connectivity index (χ0v) is 14.9. The van der Waals surface area contributed by atoms with Gasteiger partial charge < -0.3 is 4.74 Å². The highest BCUT2D eigenvalue weighted by atomic mass is 16.5. The van der Waals surface area contributed by atoms with Gasteiger partial charge in [0.05, 0.1) is 0 Å². The summed E-state index contributed by atoms with van der Waals surface area (Å²) in [5.41, 5.74) is 2.66. The molecule has 0 amide bonds. The van der Waals surface area contributed by atoms with Crippen molar-refractivity contribution in [2.75, 3.05) is 0 Å². The molecular formula is C20H28O3. The van der Waals surface area contributed by atoms with Crippen LogP contribution in [0, 0.1) is 17.3 Å². The number of carbonyl (C=O) groups is 2. The van der Waals surface area contributed by atoms with E-state index < -0.39 is 0 Å². The highest BCUT2D eigenvalue weighted by Gasteiger charge is 2.48. The lowest BCUT2D eigenvalue weighted by molar-refractivity contribution is -0.151. The van der Waals surface area contributed by atoms with Crippen LogP contribution in [0.5, 0.6) is 0 Å². The summed E-state index contributed by atoms with van der Waals surface area (Å²) in [6, 6.07) is 0. The van der Waals surface area contributed by atoms with Gasteiger partial charge in [-0.25, -0.2) is 4.79 Å². The van der Waals surface area contributed by atoms with Crippen LogP contribution >= 0.6 is 0 Å². The first-order valence-corrected chi connectivity index (χ1v) is 8.45. The molecule has 0 aromatic rings. The molecule has 3 nitrogen and oxygen atoms in total. The summed E-state index contributed by atoms with van der Waals surface area (Å²) < 4.78 is 5.75. The number of fused-ring (bicyclic) bond motifs is 1. The second-order valence-corrected chi connectivity index (χ2v) is 7.34. The summed E-state index contributed by atoms with van der Waals surface area (Å²) in [7, 11) is 0. The maximum atomic E-state index is 12.3. The van der Waals surface area contributed by atoms with Gasteiger partial charge in [-0.05, 0) is 51.5 Å². The topological polar surface area (TPSA) is 43.4 Å². The predicted molar refractivity (Wildman–Crippen MR) is 91.8 cm³/mol. The fraction of sp³-hybridized carbons (Fsp3) is 0.600. The predicted octanol–water partition coefficient (Wildman–Crippen LogP) is 4.39. The van der Waals surface area contributed by atoms with E-state index in [1.165, 1.54) is 5.57 Å². The largest absolute Gasteiger partial charge is 0.459 e. The van der Waals surface area contributed by atoms with Crippen LogP contribution in [0.25, 0.3) is 0 Å². The van der Waals surface area contributed by atoms with Crippen LogP contribution < -0.4 is 0 Å². The van der Waals surface area contributed by atoms with Crippen molar-refractivity contribution in [1.82, 2.24) is 0 Å². The molecule has 3 heteroatoms. The summed E-state index contributed by atoms with van der Waals surface area (Å²) in [5, 5.41) is 0. The Morgan fingerprint density at radius 2 is 2.09 bits per heavy atom. The molecule has 0 saturated heterocycles. The van der Waals surface area contributed by atoms with Crippen LogP contribution in [0.1, 0.15) is 53.9 Å². The van der Waals surface area contributed by atoms with Gasteiger partial charge in [-0.1, -0.05) is 37.6 Å². The normalized spacial score (nSPS) is 34.5. The molecule has 1 saturated carbocycles. The maximum Gasteiger partial charge on any atom is 0.333 e. The molecule has 1 fully saturated rings. The van der Waals surface area contributed by atoms with Crippen molar-refractivity contribution >= 4 is 11.8 Å². The number of esters is 1. The highest BCUT2D eigenvalue weighted by molar-refractivity contribution is 5.95. The smallest absolute Gasteiger partial charge is 0.333 e. The van der Waals surface area contributed by atoms with Gasteiger partial charge in [0, 0.05) is 17.4 Å². The molecule has 0 aromatic carbocycles. The Hall–Kier alpha value is -1.64. The van der Waals surface area contributed by atoms with Crippen molar-refractivity contribution in [3.05, 3.63) is 35.5 Å². The zero-order chi connectivity index (χ0) is 17.4. The van der Waals surface area contributed by atoms with Crippen LogP contribution in [0.2, 0.25) is 0 Å². The van der Waals surface area contributed by atoms with E-state index >= 15 is 0 Å². The second kappa shape index (κ2) is 6.46. The highest BCUT2D eigenvalue weighted by Crippen LogP contribution is 2.53. The molecule has 2 aliphatic carbocycles. The van der Waals surface area contributed by atoms with Crippen LogP contribution in [0.15, 0.2) is 35.5 Å². The van der Waals surface area contributed by atoms with E-state index in [1.807, 2.05) is 19.9 Å². The Kier molecular flexibility index (Phi) is 4.98. The summed E-state index contributed by atoms with van der Waals surface area (Å²) in [5.74, 6) is 0.0186. The Morgan fingerprint density at radius 1 is 1.43 bits per heavy atom. The van der Waals surface area contributed by atoms with Crippen molar-refractivity contribution < 1.29 is 14.3 Å². The maximum absolute atomic E-state index is 12.3. The van der Waals surface area contributed by atoms with E-state index in [0.29, 0.717) is 5.57 Å². The molecule has 2 rings (SSSR count). The van der Waals surface area contributed by atoms with E-state index in [-0.39, 0.29) is 35.1 Å². The Labute approximate surface area is 139 Å². The molecule has 0 radical (unpaired) electrons. The molecule has 0 spiro atoms. The molecule has 23 heavy (non-hydrogen) atoms. The minimum absolute atomic E-state index is 0.0986. The third-order valence-electron chi connectivity index (χ3n) is 5.89. The van der Waals surface area contributed by atoms with Gasteiger partial charge in [0.1, 0.15) is 6.10 Å². The van der Waals surface area contributed by atoms with E-state index in [0.717, 1.165) is 24.8 Å². The third-order valence-corrected chi connectivity index (χ3v) is 5.89. The van der Waals surface area contributed by atoms with Gasteiger partial charge in [0.25, 0.3) is 0 Å². The van der Waals surface area contributed by atoms with Crippen LogP contribution in [-0.4, -0.2) is 17.9 Å². The summed E-state index contributed by atoms with van der Waals surface area (Å²) in [4.78, 5) is 24.4. The van der Waals surface area contributed by atoms with Crippen LogP contribution in [0.4, 0.5) is 0 Å². The fourth-order valence-corrected chi connectivity index (χ4v) is 3.81. The number of allylic oxidation sites excluding steroid dienone is 4. The molecule has 0 aliphatic heterocycles. The first kappa shape index (κ1) is 17.7. The standard InChI is InChI=1S/C20H28O3/c1-7-13(4)19(22)23-18-9-8-15-10-17(21)16(12(2)3)11-20(15,6)14(18)5/h7,10,14,16,18H,2,8-9,11H2,1,3-6H3/b13-7-. The molecule has 4 unspecified atom stereocenters. The zero-order valence-electron chi connectivity index (χ0n) is 14.9. The SMILES string of the molecule is C=C(C)C1CC2(C)C(=CC1=O)CCC(OC(=O)/C(C)=C\C)C2C. The Morgan fingerprint density at radius 3 is 2.65 bits per heavy atom. The van der Waals surface area contributed by atoms with Gasteiger partial charge in [0.15, 0.2) is 5.78 Å². The molecule has 0 N–H and O–H groups in total. The lowest BCUT2D eigenvalue weighted by Crippen LogP contribution is -2.46. The molecule has 126 valence electrons. The van der Waals surface area contributed by atoms with Gasteiger partial charge in [-0.3, -0.25) is 4.79 Å². The molecule has 0 heterocycles. The first-order chi connectivity index (χ1) is 10.7. The minimum Gasteiger partial charge on any atom is -0.459 e. The quantitative estimate of drug-likeness (QED) is 0.440. The van der Waals surface area contributed by atoms with Crippen molar-refractivity contribution in [3.8, 4) is 0 Å². The Balaban J connectivity index is 2.25. The van der Waals surface area contributed by atoms with Crippen molar-refractivity contribution in [3.63, 3.8) is 0 Å². The Bertz CT molecular complexity index is 596. The van der Waals surface area contributed by atoms with Crippen molar-refractivity contribution in [1.29, 1.82) is 0 Å². The van der Waals surface area contributed by atoms with Gasteiger partial charge in [-0.2, -0.15) is 0 Å². The van der Waals surface area contributed by atoms with E-state index in [1.54, 1.807) is 13.0 Å². The first-order valence-electron chi connectivity index (χ1n) is 8.45. The number of carbonyl (C=O) groups excluding carboxylic acids is 2. The third kappa shape index (κ3) is 3.19. The summed E-state index contributed by atoms with van der Waals surface area (Å²) in [6.07, 6.45) is 5.88. The summed E-state index contributed by atoms with van der Waals surface area (Å²) in [6.45, 7) is 13.9. The minimum atomic E-state index is -0.233. The monoisotopic (exact) mass is 316 g/mol. The number of ketones is 1. The summed E-state index contributed by atoms with van der Waals surface area (Å²) >= 11 is 0. The van der Waals surface area contributed by atoms with E-state index in [9.17, 15) is 9.59 Å². The average Bonchev–Trinajstić information content (AvgIpc) is 2.50. The fourth-order valence-electron chi connectivity index (χ4n) is 3.81. The second-order valence-electron chi connectivity index (χ2n) is 7.34. The van der Waals surface area contributed by atoms with Crippen molar-refractivity contribution in [2.45, 2.75) is 60.0 Å². The van der Waals surface area contributed by atoms with Gasteiger partial charge >= 0.3 is 5.97 Å². The van der Waals surface area contributed by atoms with Crippen molar-refractivity contribution in [2.24, 2.45) is 17.3 Å². The molecular weight excluding hydrogens is 288 g/mol. The number of hydrogen-bond donors (Lipinski definition) is 0. The van der Waals surface area contributed by atoms with Gasteiger partial charge in [-0.15, -0.1) is 0 Å². The lowest BCUT2D eigenvalue weighted by atomic mass is 9.57. The van der Waals surface area contributed by atoms with E-state index in [2.05, 4.69) is 20.4 Å². The van der Waals surface area contributed by atoms with E-state index in [4.69, 9.17) is 4.74 Å². The van der Waals surface area contributed by atoms with Gasteiger partial charge in [0.2, 0.25) is 0 Å². The molecule has 4 atom stereocenters. The number of hydrogen-bond acceptors (Lipinski definition) is 3. The number of rotatable bonds is 3. The average molecular weight is 316 g/mol. The molecule has 0 aromatic heterocycles. The molecule has 0 bridgehead atoms. The number of ether oxygens (including phenoxy) is 1. The van der Waals surface area contributed by atoms with Crippen LogP contribution in [-0.2, 0) is 14.3 Å². The molecule has 2 aliphatic rings. The lowest BCUT2D eigenvalue weighted by Gasteiger charge is -2.49. The van der Waals surface area contributed by atoms with Crippen LogP contribution in [0.3, 0.4) is 0 Å².